The molecule has 0 aromatic heterocycles. The maximum Gasteiger partial charge on any atom is 0.246 e. The van der Waals surface area contributed by atoms with Crippen LogP contribution in [0.15, 0.2) is 46.9 Å². The van der Waals surface area contributed by atoms with Crippen LogP contribution in [0.3, 0.4) is 0 Å². The molecule has 2 N–H and O–H groups in total. The van der Waals surface area contributed by atoms with Gasteiger partial charge in [-0.15, -0.1) is 0 Å². The van der Waals surface area contributed by atoms with Gasteiger partial charge in [-0.05, 0) is 42.8 Å². The molecule has 0 aliphatic carbocycles. The molecule has 108 valence electrons. The molecule has 0 spiro atoms. The lowest BCUT2D eigenvalue weighted by molar-refractivity contribution is -0.117. The molecule has 3 rings (SSSR count). The molecule has 1 heterocycles. The third-order valence-corrected chi connectivity index (χ3v) is 4.38. The van der Waals surface area contributed by atoms with Crippen LogP contribution < -0.4 is 10.6 Å². The zero-order valence-corrected chi connectivity index (χ0v) is 13.7. The fourth-order valence-electron chi connectivity index (χ4n) is 2.50. The highest BCUT2D eigenvalue weighted by Crippen LogP contribution is 2.34. The van der Waals surface area contributed by atoms with E-state index in [1.165, 1.54) is 0 Å². The van der Waals surface area contributed by atoms with E-state index >= 15 is 0 Å². The molecule has 1 aliphatic rings. The number of carbonyl (C=O) groups excluding carboxylic acids is 1. The fourth-order valence-corrected chi connectivity index (χ4v) is 3.00. The highest BCUT2D eigenvalue weighted by molar-refractivity contribution is 9.10. The van der Waals surface area contributed by atoms with Crippen LogP contribution in [0.25, 0.3) is 0 Å². The third-order valence-electron chi connectivity index (χ3n) is 3.63. The van der Waals surface area contributed by atoms with Crippen LogP contribution in [0.5, 0.6) is 0 Å². The van der Waals surface area contributed by atoms with E-state index < -0.39 is 0 Å². The minimum absolute atomic E-state index is 0.0242. The van der Waals surface area contributed by atoms with Crippen molar-refractivity contribution in [3.05, 3.63) is 63.1 Å². The Kier molecular flexibility index (Phi) is 4.02. The van der Waals surface area contributed by atoms with Crippen molar-refractivity contribution in [2.45, 2.75) is 19.0 Å². The number of halogens is 2. The average Bonchev–Trinajstić information content (AvgIpc) is 2.76. The normalized spacial score (nSPS) is 18.2. The third kappa shape index (κ3) is 2.98. The summed E-state index contributed by atoms with van der Waals surface area (Å²) in [5.41, 5.74) is 2.93. The summed E-state index contributed by atoms with van der Waals surface area (Å²) < 4.78 is 0.962. The molecule has 1 amide bonds. The van der Waals surface area contributed by atoms with E-state index in [0.717, 1.165) is 21.3 Å². The average molecular weight is 366 g/mol. The first-order valence-corrected chi connectivity index (χ1v) is 7.83. The number of hydrogen-bond donors (Lipinski definition) is 2. The Morgan fingerprint density at radius 2 is 1.95 bits per heavy atom. The second-order valence-electron chi connectivity index (χ2n) is 5.09. The monoisotopic (exact) mass is 364 g/mol. The minimum Gasteiger partial charge on any atom is -0.324 e. The molecule has 2 aromatic carbocycles. The minimum atomic E-state index is -0.344. The lowest BCUT2D eigenvalue weighted by Crippen LogP contribution is -2.29. The number of carbonyl (C=O) groups is 1. The van der Waals surface area contributed by atoms with Crippen LogP contribution in [-0.2, 0) is 4.79 Å². The molecular weight excluding hydrogens is 352 g/mol. The molecule has 0 saturated heterocycles. The standard InChI is InChI=1S/C16H14BrClN2O/c1-9(10-2-5-12(18)6-3-10)19-15-13-8-11(17)4-7-14(13)20-16(15)21/h2-9,15,19H,1H3,(H,20,21). The Balaban J connectivity index is 1.83. The van der Waals surface area contributed by atoms with Gasteiger partial charge in [-0.2, -0.15) is 0 Å². The molecule has 0 radical (unpaired) electrons. The van der Waals surface area contributed by atoms with Crippen molar-refractivity contribution in [3.63, 3.8) is 0 Å². The Morgan fingerprint density at radius 1 is 1.24 bits per heavy atom. The van der Waals surface area contributed by atoms with Gasteiger partial charge in [0, 0.05) is 26.8 Å². The van der Waals surface area contributed by atoms with Gasteiger partial charge in [0.1, 0.15) is 6.04 Å². The van der Waals surface area contributed by atoms with Crippen molar-refractivity contribution >= 4 is 39.1 Å². The second kappa shape index (κ2) is 5.79. The van der Waals surface area contributed by atoms with Crippen molar-refractivity contribution in [1.29, 1.82) is 0 Å². The quantitative estimate of drug-likeness (QED) is 0.844. The first-order valence-electron chi connectivity index (χ1n) is 6.66. The van der Waals surface area contributed by atoms with Crippen molar-refractivity contribution in [2.75, 3.05) is 5.32 Å². The van der Waals surface area contributed by atoms with Crippen LogP contribution in [0.2, 0.25) is 5.02 Å². The summed E-state index contributed by atoms with van der Waals surface area (Å²) in [6.45, 7) is 2.03. The van der Waals surface area contributed by atoms with E-state index in [4.69, 9.17) is 11.6 Å². The zero-order valence-electron chi connectivity index (χ0n) is 11.4. The smallest absolute Gasteiger partial charge is 0.246 e. The van der Waals surface area contributed by atoms with Gasteiger partial charge >= 0.3 is 0 Å². The van der Waals surface area contributed by atoms with Crippen LogP contribution in [0.4, 0.5) is 5.69 Å². The van der Waals surface area contributed by atoms with E-state index in [2.05, 4.69) is 26.6 Å². The molecule has 5 heteroatoms. The summed E-state index contributed by atoms with van der Waals surface area (Å²) in [7, 11) is 0. The molecule has 2 atom stereocenters. The summed E-state index contributed by atoms with van der Waals surface area (Å²) >= 11 is 9.35. The predicted octanol–water partition coefficient (Wildman–Crippen LogP) is 4.45. The molecule has 0 saturated carbocycles. The summed E-state index contributed by atoms with van der Waals surface area (Å²) in [6, 6.07) is 13.1. The van der Waals surface area contributed by atoms with Crippen LogP contribution >= 0.6 is 27.5 Å². The van der Waals surface area contributed by atoms with Gasteiger partial charge in [-0.25, -0.2) is 0 Å². The molecule has 0 fully saturated rings. The number of hydrogen-bond acceptors (Lipinski definition) is 2. The van der Waals surface area contributed by atoms with Crippen LogP contribution in [-0.4, -0.2) is 5.91 Å². The predicted molar refractivity (Wildman–Crippen MR) is 88.5 cm³/mol. The van der Waals surface area contributed by atoms with Gasteiger partial charge in [-0.1, -0.05) is 39.7 Å². The van der Waals surface area contributed by atoms with E-state index in [0.29, 0.717) is 5.02 Å². The topological polar surface area (TPSA) is 41.1 Å². The second-order valence-corrected chi connectivity index (χ2v) is 6.45. The van der Waals surface area contributed by atoms with Gasteiger partial charge < -0.3 is 5.32 Å². The Bertz CT molecular complexity index is 687. The van der Waals surface area contributed by atoms with Gasteiger partial charge in [0.2, 0.25) is 5.91 Å². The zero-order chi connectivity index (χ0) is 15.0. The van der Waals surface area contributed by atoms with Crippen LogP contribution in [0, 0.1) is 0 Å². The van der Waals surface area contributed by atoms with Gasteiger partial charge in [0.15, 0.2) is 0 Å². The van der Waals surface area contributed by atoms with Gasteiger partial charge in [0.25, 0.3) is 0 Å². The maximum absolute atomic E-state index is 12.2. The highest BCUT2D eigenvalue weighted by atomic mass is 79.9. The first-order chi connectivity index (χ1) is 10.0. The lowest BCUT2D eigenvalue weighted by Gasteiger charge is -2.19. The molecule has 2 aromatic rings. The molecule has 1 aliphatic heterocycles. The molecular formula is C16H14BrClN2O. The molecule has 2 unspecified atom stereocenters. The summed E-state index contributed by atoms with van der Waals surface area (Å²) in [4.78, 5) is 12.2. The summed E-state index contributed by atoms with van der Waals surface area (Å²) in [6.07, 6.45) is 0. The van der Waals surface area contributed by atoms with E-state index in [1.54, 1.807) is 0 Å². The fraction of sp³-hybridized carbons (Fsp3) is 0.188. The van der Waals surface area contributed by atoms with Crippen molar-refractivity contribution in [1.82, 2.24) is 5.32 Å². The first kappa shape index (κ1) is 14.6. The van der Waals surface area contributed by atoms with Crippen LogP contribution in [0.1, 0.15) is 30.1 Å². The van der Waals surface area contributed by atoms with E-state index in [1.807, 2.05) is 49.4 Å². The number of rotatable bonds is 3. The van der Waals surface area contributed by atoms with Gasteiger partial charge in [-0.3, -0.25) is 10.1 Å². The summed E-state index contributed by atoms with van der Waals surface area (Å²) in [5.74, 6) is -0.0242. The van der Waals surface area contributed by atoms with E-state index in [9.17, 15) is 4.79 Å². The van der Waals surface area contributed by atoms with E-state index in [-0.39, 0.29) is 18.0 Å². The molecule has 0 bridgehead atoms. The summed E-state index contributed by atoms with van der Waals surface area (Å²) in [5, 5.41) is 6.98. The van der Waals surface area contributed by atoms with Crippen molar-refractivity contribution in [3.8, 4) is 0 Å². The van der Waals surface area contributed by atoms with Gasteiger partial charge in [0.05, 0.1) is 0 Å². The Hall–Kier alpha value is -1.36. The Labute approximate surface area is 136 Å². The molecule has 21 heavy (non-hydrogen) atoms. The maximum atomic E-state index is 12.2. The number of fused-ring (bicyclic) bond motifs is 1. The SMILES string of the molecule is CC(NC1C(=O)Nc2ccc(Br)cc21)c1ccc(Cl)cc1. The number of amides is 1. The number of benzene rings is 2. The number of nitrogens with one attached hydrogen (secondary N) is 2. The lowest BCUT2D eigenvalue weighted by atomic mass is 10.0. The largest absolute Gasteiger partial charge is 0.324 e. The number of anilines is 1. The molecule has 3 nitrogen and oxygen atoms in total. The highest BCUT2D eigenvalue weighted by Gasteiger charge is 2.31. The van der Waals surface area contributed by atoms with Crippen molar-refractivity contribution in [2.24, 2.45) is 0 Å². The van der Waals surface area contributed by atoms with Crippen molar-refractivity contribution < 1.29 is 4.79 Å². The Morgan fingerprint density at radius 3 is 2.67 bits per heavy atom.